The Bertz CT molecular complexity index is 459. The molecule has 0 saturated heterocycles. The third-order valence-corrected chi connectivity index (χ3v) is 3.84. The lowest BCUT2D eigenvalue weighted by Gasteiger charge is -2.23. The lowest BCUT2D eigenvalue weighted by Crippen LogP contribution is -2.17. The first-order chi connectivity index (χ1) is 9.69. The molecule has 1 aliphatic rings. The molecule has 0 bridgehead atoms. The Kier molecular flexibility index (Phi) is 5.41. The van der Waals surface area contributed by atoms with E-state index >= 15 is 0 Å². The summed E-state index contributed by atoms with van der Waals surface area (Å²) in [7, 11) is 0. The van der Waals surface area contributed by atoms with Crippen LogP contribution in [0.5, 0.6) is 5.75 Å². The second kappa shape index (κ2) is 7.29. The minimum atomic E-state index is -0.696. The third-order valence-electron chi connectivity index (χ3n) is 3.84. The van der Waals surface area contributed by atoms with Gasteiger partial charge in [0.2, 0.25) is 0 Å². The molecule has 1 unspecified atom stereocenters. The summed E-state index contributed by atoms with van der Waals surface area (Å²) < 4.78 is 5.72. The Morgan fingerprint density at radius 1 is 1.35 bits per heavy atom. The van der Waals surface area contributed by atoms with Crippen molar-refractivity contribution in [2.75, 3.05) is 13.2 Å². The summed E-state index contributed by atoms with van der Waals surface area (Å²) in [5.41, 5.74) is 8.03. The Morgan fingerprint density at radius 3 is 2.95 bits per heavy atom. The maximum atomic E-state index is 10.8. The fourth-order valence-corrected chi connectivity index (χ4v) is 2.75. The van der Waals surface area contributed by atoms with Gasteiger partial charge in [0, 0.05) is 6.42 Å². The van der Waals surface area contributed by atoms with Crippen LogP contribution in [0.25, 0.3) is 0 Å². The molecule has 2 rings (SSSR count). The number of ether oxygens (including phenoxy) is 1. The number of unbranched alkanes of at least 4 members (excludes halogenated alkanes) is 1. The molecule has 1 aliphatic carbocycles. The fraction of sp³-hybridized carbons (Fsp3) is 0.562. The molecular weight excluding hydrogens is 254 g/mol. The molecule has 1 aromatic carbocycles. The molecule has 1 aromatic rings. The second-order valence-electron chi connectivity index (χ2n) is 5.48. The minimum absolute atomic E-state index is 0.274. The summed E-state index contributed by atoms with van der Waals surface area (Å²) in [5, 5.41) is 8.87. The van der Waals surface area contributed by atoms with Crippen molar-refractivity contribution in [3.63, 3.8) is 0 Å². The number of aryl methyl sites for hydroxylation is 1. The number of fused-ring (bicyclic) bond motifs is 1. The Hall–Kier alpha value is -1.55. The van der Waals surface area contributed by atoms with E-state index in [1.807, 2.05) is 6.07 Å². The molecule has 4 nitrogen and oxygen atoms in total. The van der Waals surface area contributed by atoms with Crippen LogP contribution in [0, 0.1) is 5.92 Å². The first kappa shape index (κ1) is 14.9. The van der Waals surface area contributed by atoms with Gasteiger partial charge < -0.3 is 15.6 Å². The summed E-state index contributed by atoms with van der Waals surface area (Å²) in [4.78, 5) is 10.8. The highest BCUT2D eigenvalue weighted by Gasteiger charge is 2.21. The van der Waals surface area contributed by atoms with E-state index in [9.17, 15) is 4.79 Å². The van der Waals surface area contributed by atoms with Gasteiger partial charge >= 0.3 is 5.97 Å². The zero-order valence-electron chi connectivity index (χ0n) is 11.8. The molecule has 0 saturated carbocycles. The number of nitrogens with two attached hydrogens (primary N) is 1. The van der Waals surface area contributed by atoms with Gasteiger partial charge in [-0.15, -0.1) is 0 Å². The quantitative estimate of drug-likeness (QED) is 0.751. The number of aliphatic carboxylic acids is 1. The molecule has 0 fully saturated rings. The average Bonchev–Trinajstić information content (AvgIpc) is 2.43. The number of rotatable bonds is 7. The number of benzene rings is 1. The van der Waals surface area contributed by atoms with Crippen LogP contribution in [0.4, 0.5) is 0 Å². The van der Waals surface area contributed by atoms with E-state index in [0.717, 1.165) is 37.9 Å². The van der Waals surface area contributed by atoms with Crippen molar-refractivity contribution in [3.8, 4) is 5.75 Å². The number of carbonyl (C=O) groups is 1. The first-order valence-electron chi connectivity index (χ1n) is 7.35. The SMILES string of the molecule is NCCCCOc1ccc2c(c1)CCC(CC(=O)O)C2. The summed E-state index contributed by atoms with van der Waals surface area (Å²) in [6, 6.07) is 6.18. The number of carboxylic acids is 1. The van der Waals surface area contributed by atoms with Crippen LogP contribution >= 0.6 is 0 Å². The Labute approximate surface area is 119 Å². The van der Waals surface area contributed by atoms with Crippen molar-refractivity contribution >= 4 is 5.97 Å². The van der Waals surface area contributed by atoms with Gasteiger partial charge in [0.1, 0.15) is 5.75 Å². The van der Waals surface area contributed by atoms with Crippen LogP contribution in [-0.4, -0.2) is 24.2 Å². The Morgan fingerprint density at radius 2 is 2.20 bits per heavy atom. The predicted octanol–water partition coefficient (Wildman–Crippen LogP) is 2.38. The van der Waals surface area contributed by atoms with E-state index in [0.29, 0.717) is 13.2 Å². The zero-order valence-corrected chi connectivity index (χ0v) is 11.8. The molecule has 0 aromatic heterocycles. The molecule has 0 radical (unpaired) electrons. The van der Waals surface area contributed by atoms with Gasteiger partial charge in [-0.25, -0.2) is 0 Å². The van der Waals surface area contributed by atoms with Gasteiger partial charge in [0.25, 0.3) is 0 Å². The molecule has 20 heavy (non-hydrogen) atoms. The lowest BCUT2D eigenvalue weighted by atomic mass is 9.82. The highest BCUT2D eigenvalue weighted by atomic mass is 16.5. The smallest absolute Gasteiger partial charge is 0.303 e. The summed E-state index contributed by atoms with van der Waals surface area (Å²) in [6.45, 7) is 1.41. The van der Waals surface area contributed by atoms with E-state index in [1.54, 1.807) is 0 Å². The van der Waals surface area contributed by atoms with E-state index < -0.39 is 5.97 Å². The van der Waals surface area contributed by atoms with Crippen LogP contribution < -0.4 is 10.5 Å². The molecule has 0 amide bonds. The topological polar surface area (TPSA) is 72.5 Å². The van der Waals surface area contributed by atoms with E-state index in [2.05, 4.69) is 12.1 Å². The highest BCUT2D eigenvalue weighted by molar-refractivity contribution is 5.67. The molecular formula is C16H23NO3. The van der Waals surface area contributed by atoms with Crippen molar-refractivity contribution in [1.29, 1.82) is 0 Å². The van der Waals surface area contributed by atoms with Crippen LogP contribution in [0.3, 0.4) is 0 Å². The molecule has 3 N–H and O–H groups in total. The normalized spacial score (nSPS) is 17.6. The van der Waals surface area contributed by atoms with Gasteiger partial charge in [-0.3, -0.25) is 4.79 Å². The second-order valence-corrected chi connectivity index (χ2v) is 5.48. The third kappa shape index (κ3) is 4.23. The molecule has 0 spiro atoms. The maximum absolute atomic E-state index is 10.8. The standard InChI is InChI=1S/C16H23NO3/c17-7-1-2-8-20-15-6-5-13-9-12(10-16(18)19)3-4-14(13)11-15/h5-6,11-12H,1-4,7-10,17H2,(H,18,19). The molecule has 0 aliphatic heterocycles. The minimum Gasteiger partial charge on any atom is -0.494 e. The van der Waals surface area contributed by atoms with Crippen molar-refractivity contribution < 1.29 is 14.6 Å². The van der Waals surface area contributed by atoms with E-state index in [-0.39, 0.29) is 12.3 Å². The van der Waals surface area contributed by atoms with Crippen molar-refractivity contribution in [2.45, 2.75) is 38.5 Å². The van der Waals surface area contributed by atoms with Crippen LogP contribution in [-0.2, 0) is 17.6 Å². The molecule has 4 heteroatoms. The Balaban J connectivity index is 1.91. The van der Waals surface area contributed by atoms with Crippen molar-refractivity contribution in [1.82, 2.24) is 0 Å². The lowest BCUT2D eigenvalue weighted by molar-refractivity contribution is -0.138. The predicted molar refractivity (Wildman–Crippen MR) is 78.0 cm³/mol. The monoisotopic (exact) mass is 277 g/mol. The molecule has 110 valence electrons. The van der Waals surface area contributed by atoms with Gasteiger partial charge in [-0.1, -0.05) is 6.07 Å². The van der Waals surface area contributed by atoms with Crippen LogP contribution in [0.2, 0.25) is 0 Å². The highest BCUT2D eigenvalue weighted by Crippen LogP contribution is 2.30. The first-order valence-corrected chi connectivity index (χ1v) is 7.35. The summed E-state index contributed by atoms with van der Waals surface area (Å²) >= 11 is 0. The number of carboxylic acid groups (broad SMARTS) is 1. The molecule has 1 atom stereocenters. The van der Waals surface area contributed by atoms with Crippen molar-refractivity contribution in [2.24, 2.45) is 11.7 Å². The van der Waals surface area contributed by atoms with Gasteiger partial charge in [-0.2, -0.15) is 0 Å². The fourth-order valence-electron chi connectivity index (χ4n) is 2.75. The maximum Gasteiger partial charge on any atom is 0.303 e. The van der Waals surface area contributed by atoms with E-state index in [1.165, 1.54) is 11.1 Å². The summed E-state index contributed by atoms with van der Waals surface area (Å²) in [5.74, 6) is 0.493. The van der Waals surface area contributed by atoms with Crippen LogP contribution in [0.1, 0.15) is 36.8 Å². The van der Waals surface area contributed by atoms with Gasteiger partial charge in [-0.05, 0) is 67.8 Å². The summed E-state index contributed by atoms with van der Waals surface area (Å²) in [6.07, 6.45) is 5.02. The van der Waals surface area contributed by atoms with Crippen LogP contribution in [0.15, 0.2) is 18.2 Å². The average molecular weight is 277 g/mol. The number of hydrogen-bond acceptors (Lipinski definition) is 3. The van der Waals surface area contributed by atoms with Crippen molar-refractivity contribution in [3.05, 3.63) is 29.3 Å². The van der Waals surface area contributed by atoms with Gasteiger partial charge in [0.15, 0.2) is 0 Å². The van der Waals surface area contributed by atoms with E-state index in [4.69, 9.17) is 15.6 Å². The van der Waals surface area contributed by atoms with Gasteiger partial charge in [0.05, 0.1) is 6.61 Å². The molecule has 0 heterocycles. The largest absolute Gasteiger partial charge is 0.494 e. The zero-order chi connectivity index (χ0) is 14.4. The number of hydrogen-bond donors (Lipinski definition) is 2.